The van der Waals surface area contributed by atoms with E-state index >= 15 is 0 Å². The van der Waals surface area contributed by atoms with Gasteiger partial charge in [-0.2, -0.15) is 13.9 Å². The number of hydrogen-bond donors (Lipinski definition) is 1. The van der Waals surface area contributed by atoms with Gasteiger partial charge in [-0.3, -0.25) is 0 Å². The molecule has 4 nitrogen and oxygen atoms in total. The van der Waals surface area contributed by atoms with Gasteiger partial charge in [0.2, 0.25) is 5.88 Å². The summed E-state index contributed by atoms with van der Waals surface area (Å²) in [5.41, 5.74) is 6.87. The van der Waals surface area contributed by atoms with E-state index in [-0.39, 0.29) is 21.6 Å². The molecule has 20 heavy (non-hydrogen) atoms. The minimum absolute atomic E-state index is 0.0912. The van der Waals surface area contributed by atoms with Gasteiger partial charge >= 0.3 is 6.61 Å². The van der Waals surface area contributed by atoms with Crippen LogP contribution in [0.2, 0.25) is 10.0 Å². The van der Waals surface area contributed by atoms with Gasteiger partial charge in [0, 0.05) is 18.7 Å². The van der Waals surface area contributed by atoms with Crippen molar-refractivity contribution in [1.29, 1.82) is 0 Å². The van der Waals surface area contributed by atoms with Crippen molar-refractivity contribution < 1.29 is 13.5 Å². The zero-order valence-corrected chi connectivity index (χ0v) is 13.1. The SMILES string of the molecule is Cn1nc(-c2c(Cl)cc(Cl)c(N)c2Br)cc1OC(F)F. The molecule has 0 fully saturated rings. The third-order valence-electron chi connectivity index (χ3n) is 2.51. The molecular formula is C11H8BrCl2F2N3O. The van der Waals surface area contributed by atoms with Gasteiger partial charge in [-0.25, -0.2) is 4.68 Å². The molecule has 0 saturated carbocycles. The first-order valence-corrected chi connectivity index (χ1v) is 6.78. The molecule has 9 heteroatoms. The molecule has 0 aliphatic carbocycles. The summed E-state index contributed by atoms with van der Waals surface area (Å²) in [6.07, 6.45) is 0. The molecule has 0 aliphatic heterocycles. The van der Waals surface area contributed by atoms with E-state index in [0.29, 0.717) is 15.7 Å². The summed E-state index contributed by atoms with van der Waals surface area (Å²) in [6.45, 7) is -2.94. The standard InChI is InChI=1S/C11H8BrCl2F2N3O/c1-19-7(20-11(15)16)3-6(18-19)8-4(13)2-5(14)10(17)9(8)12/h2-3,11H,17H2,1H3. The second kappa shape index (κ2) is 5.75. The lowest BCUT2D eigenvalue weighted by Crippen LogP contribution is -2.05. The summed E-state index contributed by atoms with van der Waals surface area (Å²) >= 11 is 15.3. The number of halogens is 5. The summed E-state index contributed by atoms with van der Waals surface area (Å²) in [7, 11) is 1.47. The van der Waals surface area contributed by atoms with Crippen LogP contribution in [0.4, 0.5) is 14.5 Å². The number of nitrogens with two attached hydrogens (primary N) is 1. The fourth-order valence-electron chi connectivity index (χ4n) is 1.61. The number of aryl methyl sites for hydroxylation is 1. The summed E-state index contributed by atoms with van der Waals surface area (Å²) in [6, 6.07) is 2.80. The molecular weight excluding hydrogens is 379 g/mol. The van der Waals surface area contributed by atoms with Crippen LogP contribution in [-0.4, -0.2) is 16.4 Å². The van der Waals surface area contributed by atoms with Gasteiger partial charge in [-0.05, 0) is 22.0 Å². The van der Waals surface area contributed by atoms with E-state index in [2.05, 4.69) is 25.8 Å². The maximum absolute atomic E-state index is 12.3. The highest BCUT2D eigenvalue weighted by atomic mass is 79.9. The molecule has 0 amide bonds. The molecule has 0 spiro atoms. The van der Waals surface area contributed by atoms with E-state index in [1.54, 1.807) is 0 Å². The van der Waals surface area contributed by atoms with Crippen LogP contribution in [0.25, 0.3) is 11.3 Å². The predicted octanol–water partition coefficient (Wildman–Crippen LogP) is 4.34. The summed E-state index contributed by atoms with van der Waals surface area (Å²) in [5, 5.41) is 4.64. The Hall–Kier alpha value is -1.05. The first kappa shape index (κ1) is 15.3. The van der Waals surface area contributed by atoms with Crippen LogP contribution in [0.5, 0.6) is 5.88 Å². The highest BCUT2D eigenvalue weighted by Crippen LogP contribution is 2.42. The maximum Gasteiger partial charge on any atom is 0.388 e. The monoisotopic (exact) mass is 385 g/mol. The Kier molecular flexibility index (Phi) is 4.41. The van der Waals surface area contributed by atoms with Gasteiger partial charge in [0.1, 0.15) is 0 Å². The Labute approximate surface area is 131 Å². The Balaban J connectivity index is 2.55. The van der Waals surface area contributed by atoms with Gasteiger partial charge in [0.25, 0.3) is 0 Å². The normalized spacial score (nSPS) is 11.2. The zero-order chi connectivity index (χ0) is 15.0. The van der Waals surface area contributed by atoms with Crippen LogP contribution in [0.3, 0.4) is 0 Å². The van der Waals surface area contributed by atoms with E-state index in [1.807, 2.05) is 0 Å². The second-order valence-corrected chi connectivity index (χ2v) is 5.42. The van der Waals surface area contributed by atoms with Crippen molar-refractivity contribution in [3.8, 4) is 17.1 Å². The van der Waals surface area contributed by atoms with E-state index in [4.69, 9.17) is 28.9 Å². The molecule has 0 aliphatic rings. The van der Waals surface area contributed by atoms with Crippen LogP contribution in [0.15, 0.2) is 16.6 Å². The summed E-state index contributed by atoms with van der Waals surface area (Å²) < 4.78 is 30.5. The molecule has 0 bridgehead atoms. The Morgan fingerprint density at radius 1 is 1.35 bits per heavy atom. The van der Waals surface area contributed by atoms with Crippen LogP contribution in [-0.2, 0) is 7.05 Å². The average Bonchev–Trinajstić information content (AvgIpc) is 2.67. The molecule has 1 heterocycles. The molecule has 0 atom stereocenters. The van der Waals surface area contributed by atoms with Gasteiger partial charge in [-0.1, -0.05) is 23.2 Å². The van der Waals surface area contributed by atoms with Crippen molar-refractivity contribution in [3.05, 3.63) is 26.7 Å². The smallest absolute Gasteiger partial charge is 0.388 e. The molecule has 108 valence electrons. The molecule has 0 saturated heterocycles. The number of alkyl halides is 2. The highest BCUT2D eigenvalue weighted by molar-refractivity contribution is 9.10. The predicted molar refractivity (Wildman–Crippen MR) is 77.4 cm³/mol. The van der Waals surface area contributed by atoms with E-state index < -0.39 is 6.61 Å². The van der Waals surface area contributed by atoms with Crippen molar-refractivity contribution in [2.45, 2.75) is 6.61 Å². The molecule has 0 radical (unpaired) electrons. The number of rotatable bonds is 3. The van der Waals surface area contributed by atoms with E-state index in [0.717, 1.165) is 0 Å². The van der Waals surface area contributed by atoms with Crippen molar-refractivity contribution in [3.63, 3.8) is 0 Å². The number of ether oxygens (including phenoxy) is 1. The summed E-state index contributed by atoms with van der Waals surface area (Å²) in [4.78, 5) is 0. The largest absolute Gasteiger partial charge is 0.417 e. The Bertz CT molecular complexity index is 664. The van der Waals surface area contributed by atoms with Crippen LogP contribution in [0, 0.1) is 0 Å². The first-order valence-electron chi connectivity index (χ1n) is 5.23. The molecule has 1 aromatic carbocycles. The lowest BCUT2D eigenvalue weighted by molar-refractivity contribution is -0.0553. The number of aromatic nitrogens is 2. The van der Waals surface area contributed by atoms with Crippen LogP contribution >= 0.6 is 39.1 Å². The van der Waals surface area contributed by atoms with E-state index in [9.17, 15) is 8.78 Å². The number of nitrogen functional groups attached to an aromatic ring is 1. The maximum atomic E-state index is 12.3. The topological polar surface area (TPSA) is 53.1 Å². The Morgan fingerprint density at radius 2 is 2.00 bits per heavy atom. The number of nitrogens with zero attached hydrogens (tertiary/aromatic N) is 2. The van der Waals surface area contributed by atoms with Gasteiger partial charge < -0.3 is 10.5 Å². The lowest BCUT2D eigenvalue weighted by atomic mass is 10.1. The van der Waals surface area contributed by atoms with Crippen LogP contribution < -0.4 is 10.5 Å². The number of benzene rings is 1. The first-order chi connectivity index (χ1) is 9.31. The highest BCUT2D eigenvalue weighted by Gasteiger charge is 2.19. The van der Waals surface area contributed by atoms with Crippen molar-refractivity contribution in [2.75, 3.05) is 5.73 Å². The van der Waals surface area contributed by atoms with Crippen molar-refractivity contribution >= 4 is 44.8 Å². The second-order valence-electron chi connectivity index (χ2n) is 3.81. The molecule has 2 N–H and O–H groups in total. The fraction of sp³-hybridized carbons (Fsp3) is 0.182. The minimum Gasteiger partial charge on any atom is -0.417 e. The summed E-state index contributed by atoms with van der Waals surface area (Å²) in [5.74, 6) is -0.0912. The number of hydrogen-bond acceptors (Lipinski definition) is 3. The third kappa shape index (κ3) is 2.84. The van der Waals surface area contributed by atoms with Gasteiger partial charge in [0.05, 0.1) is 25.9 Å². The van der Waals surface area contributed by atoms with Gasteiger partial charge in [-0.15, -0.1) is 0 Å². The Morgan fingerprint density at radius 3 is 2.60 bits per heavy atom. The van der Waals surface area contributed by atoms with E-state index in [1.165, 1.54) is 23.9 Å². The average molecular weight is 387 g/mol. The third-order valence-corrected chi connectivity index (χ3v) is 3.94. The van der Waals surface area contributed by atoms with Gasteiger partial charge in [0.15, 0.2) is 0 Å². The molecule has 2 rings (SSSR count). The van der Waals surface area contributed by atoms with Crippen LogP contribution in [0.1, 0.15) is 0 Å². The lowest BCUT2D eigenvalue weighted by Gasteiger charge is -2.08. The molecule has 2 aromatic rings. The quantitative estimate of drug-likeness (QED) is 0.798. The molecule has 1 aromatic heterocycles. The number of anilines is 1. The minimum atomic E-state index is -2.94. The fourth-order valence-corrected chi connectivity index (χ4v) is 3.03. The van der Waals surface area contributed by atoms with Crippen molar-refractivity contribution in [1.82, 2.24) is 9.78 Å². The van der Waals surface area contributed by atoms with Crippen molar-refractivity contribution in [2.24, 2.45) is 7.05 Å². The zero-order valence-electron chi connectivity index (χ0n) is 10.0. The molecule has 0 unspecified atom stereocenters.